The Hall–Kier alpha value is -0.610. The van der Waals surface area contributed by atoms with Crippen LogP contribution < -0.4 is 0 Å². The Bertz CT molecular complexity index is 154. The highest BCUT2D eigenvalue weighted by Gasteiger charge is 2.05. The lowest BCUT2D eigenvalue weighted by Gasteiger charge is -2.21. The summed E-state index contributed by atoms with van der Waals surface area (Å²) in [6, 6.07) is 0. The highest BCUT2D eigenvalue weighted by atomic mass is 16.5. The summed E-state index contributed by atoms with van der Waals surface area (Å²) in [5.41, 5.74) is 0. The lowest BCUT2D eigenvalue weighted by atomic mass is 10.2. The molecule has 0 aromatic carbocycles. The van der Waals surface area contributed by atoms with E-state index in [1.165, 1.54) is 6.42 Å². The summed E-state index contributed by atoms with van der Waals surface area (Å²) in [6.07, 6.45) is 3.32. The molecule has 0 aliphatic carbocycles. The number of ether oxygens (including phenoxy) is 1. The van der Waals surface area contributed by atoms with Crippen molar-refractivity contribution in [1.82, 2.24) is 4.90 Å². The Labute approximate surface area is 92.2 Å². The van der Waals surface area contributed by atoms with Crippen LogP contribution in [-0.4, -0.2) is 49.3 Å². The van der Waals surface area contributed by atoms with Crippen molar-refractivity contribution in [1.29, 1.82) is 0 Å². The molecule has 0 saturated carbocycles. The van der Waals surface area contributed by atoms with E-state index in [4.69, 9.17) is 9.84 Å². The van der Waals surface area contributed by atoms with Crippen LogP contribution in [0.15, 0.2) is 0 Å². The van der Waals surface area contributed by atoms with Gasteiger partial charge in [-0.2, -0.15) is 0 Å². The molecular formula is C11H23NO3. The minimum Gasteiger partial charge on any atom is -0.481 e. The molecule has 90 valence electrons. The number of unbranched alkanes of at least 4 members (excludes halogenated alkanes) is 1. The standard InChI is InChI=1S/C11H23NO3/c1-3-4-7-12(9-10-15-2)8-5-6-11(13)14/h3-10H2,1-2H3,(H,13,14). The summed E-state index contributed by atoms with van der Waals surface area (Å²) in [4.78, 5) is 12.6. The number of carbonyl (C=O) groups is 1. The number of hydrogen-bond acceptors (Lipinski definition) is 3. The van der Waals surface area contributed by atoms with E-state index in [1.807, 2.05) is 0 Å². The van der Waals surface area contributed by atoms with E-state index in [0.29, 0.717) is 0 Å². The fraction of sp³-hybridized carbons (Fsp3) is 0.909. The van der Waals surface area contributed by atoms with Gasteiger partial charge in [0.1, 0.15) is 0 Å². The molecular weight excluding hydrogens is 194 g/mol. The quantitative estimate of drug-likeness (QED) is 0.604. The molecule has 0 spiro atoms. The third kappa shape index (κ3) is 9.69. The minimum atomic E-state index is -0.711. The fourth-order valence-corrected chi connectivity index (χ4v) is 1.39. The predicted octanol–water partition coefficient (Wildman–Crippen LogP) is 1.60. The van der Waals surface area contributed by atoms with Gasteiger partial charge in [-0.05, 0) is 25.9 Å². The van der Waals surface area contributed by atoms with Crippen molar-refractivity contribution in [3.8, 4) is 0 Å². The number of methoxy groups -OCH3 is 1. The van der Waals surface area contributed by atoms with Gasteiger partial charge < -0.3 is 14.7 Å². The second-order valence-corrected chi connectivity index (χ2v) is 3.69. The summed E-state index contributed by atoms with van der Waals surface area (Å²) >= 11 is 0. The van der Waals surface area contributed by atoms with Gasteiger partial charge in [0.2, 0.25) is 0 Å². The average molecular weight is 217 g/mol. The zero-order chi connectivity index (χ0) is 11.5. The Balaban J connectivity index is 3.63. The van der Waals surface area contributed by atoms with Crippen LogP contribution in [0.5, 0.6) is 0 Å². The van der Waals surface area contributed by atoms with Crippen molar-refractivity contribution >= 4 is 5.97 Å². The highest BCUT2D eigenvalue weighted by molar-refractivity contribution is 5.66. The van der Waals surface area contributed by atoms with Crippen LogP contribution in [0.2, 0.25) is 0 Å². The first-order chi connectivity index (χ1) is 7.20. The highest BCUT2D eigenvalue weighted by Crippen LogP contribution is 1.99. The number of aliphatic carboxylic acids is 1. The van der Waals surface area contributed by atoms with E-state index in [1.54, 1.807) is 7.11 Å². The summed E-state index contributed by atoms with van der Waals surface area (Å²) < 4.78 is 5.02. The van der Waals surface area contributed by atoms with Crippen molar-refractivity contribution in [3.05, 3.63) is 0 Å². The van der Waals surface area contributed by atoms with E-state index in [2.05, 4.69) is 11.8 Å². The maximum Gasteiger partial charge on any atom is 0.303 e. The summed E-state index contributed by atoms with van der Waals surface area (Å²) in [6.45, 7) is 5.67. The second-order valence-electron chi connectivity index (χ2n) is 3.69. The third-order valence-corrected chi connectivity index (χ3v) is 2.30. The molecule has 15 heavy (non-hydrogen) atoms. The molecule has 0 radical (unpaired) electrons. The summed E-state index contributed by atoms with van der Waals surface area (Å²) in [5, 5.41) is 8.54. The molecule has 0 aromatic heterocycles. The lowest BCUT2D eigenvalue weighted by molar-refractivity contribution is -0.137. The number of carboxylic acids is 1. The lowest BCUT2D eigenvalue weighted by Crippen LogP contribution is -2.29. The first-order valence-corrected chi connectivity index (χ1v) is 5.63. The first-order valence-electron chi connectivity index (χ1n) is 5.63. The zero-order valence-corrected chi connectivity index (χ0v) is 9.87. The largest absolute Gasteiger partial charge is 0.481 e. The van der Waals surface area contributed by atoms with Crippen molar-refractivity contribution in [2.45, 2.75) is 32.6 Å². The van der Waals surface area contributed by atoms with Crippen molar-refractivity contribution in [2.24, 2.45) is 0 Å². The third-order valence-electron chi connectivity index (χ3n) is 2.30. The monoisotopic (exact) mass is 217 g/mol. The van der Waals surface area contributed by atoms with Gasteiger partial charge in [-0.1, -0.05) is 13.3 Å². The molecule has 0 atom stereocenters. The molecule has 0 aromatic rings. The van der Waals surface area contributed by atoms with E-state index < -0.39 is 5.97 Å². The molecule has 0 aliphatic rings. The van der Waals surface area contributed by atoms with Gasteiger partial charge in [-0.25, -0.2) is 0 Å². The SMILES string of the molecule is CCCCN(CCCC(=O)O)CCOC. The van der Waals surface area contributed by atoms with Crippen LogP contribution in [0.25, 0.3) is 0 Å². The normalized spacial score (nSPS) is 10.9. The zero-order valence-electron chi connectivity index (χ0n) is 9.87. The second kappa shape index (κ2) is 9.93. The summed E-state index contributed by atoms with van der Waals surface area (Å²) in [7, 11) is 1.69. The van der Waals surface area contributed by atoms with Crippen molar-refractivity contribution < 1.29 is 14.6 Å². The smallest absolute Gasteiger partial charge is 0.303 e. The molecule has 4 nitrogen and oxygen atoms in total. The van der Waals surface area contributed by atoms with Gasteiger partial charge in [-0.3, -0.25) is 4.79 Å². The van der Waals surface area contributed by atoms with E-state index in [-0.39, 0.29) is 6.42 Å². The van der Waals surface area contributed by atoms with Crippen molar-refractivity contribution in [2.75, 3.05) is 33.4 Å². The van der Waals surface area contributed by atoms with Crippen LogP contribution in [0.3, 0.4) is 0 Å². The van der Waals surface area contributed by atoms with Crippen LogP contribution >= 0.6 is 0 Å². The van der Waals surface area contributed by atoms with Crippen LogP contribution in [0.4, 0.5) is 0 Å². The Morgan fingerprint density at radius 2 is 1.93 bits per heavy atom. The number of hydrogen-bond donors (Lipinski definition) is 1. The molecule has 0 rings (SSSR count). The molecule has 4 heteroatoms. The van der Waals surface area contributed by atoms with Crippen LogP contribution in [0.1, 0.15) is 32.6 Å². The van der Waals surface area contributed by atoms with Gasteiger partial charge in [-0.15, -0.1) is 0 Å². The Kier molecular flexibility index (Phi) is 9.52. The van der Waals surface area contributed by atoms with Crippen LogP contribution in [0, 0.1) is 0 Å². The molecule has 0 saturated heterocycles. The van der Waals surface area contributed by atoms with Gasteiger partial charge in [0, 0.05) is 20.1 Å². The molecule has 0 bridgehead atoms. The topological polar surface area (TPSA) is 49.8 Å². The molecule has 0 heterocycles. The first kappa shape index (κ1) is 14.4. The number of nitrogens with zero attached hydrogens (tertiary/aromatic N) is 1. The molecule has 0 amide bonds. The molecule has 0 aliphatic heterocycles. The average Bonchev–Trinajstić information content (AvgIpc) is 2.20. The maximum atomic E-state index is 10.4. The molecule has 1 N–H and O–H groups in total. The van der Waals surface area contributed by atoms with Crippen molar-refractivity contribution in [3.63, 3.8) is 0 Å². The number of carboxylic acid groups (broad SMARTS) is 1. The Morgan fingerprint density at radius 3 is 2.47 bits per heavy atom. The van der Waals surface area contributed by atoms with Crippen LogP contribution in [-0.2, 0) is 9.53 Å². The maximum absolute atomic E-state index is 10.4. The predicted molar refractivity (Wildman–Crippen MR) is 60.1 cm³/mol. The summed E-state index contributed by atoms with van der Waals surface area (Å²) in [5.74, 6) is -0.711. The van der Waals surface area contributed by atoms with Gasteiger partial charge in [0.15, 0.2) is 0 Å². The minimum absolute atomic E-state index is 0.260. The Morgan fingerprint density at radius 1 is 1.27 bits per heavy atom. The number of rotatable bonds is 10. The van der Waals surface area contributed by atoms with E-state index in [0.717, 1.165) is 39.1 Å². The van der Waals surface area contributed by atoms with Gasteiger partial charge >= 0.3 is 5.97 Å². The van der Waals surface area contributed by atoms with E-state index >= 15 is 0 Å². The fourth-order valence-electron chi connectivity index (χ4n) is 1.39. The van der Waals surface area contributed by atoms with Gasteiger partial charge in [0.25, 0.3) is 0 Å². The van der Waals surface area contributed by atoms with Gasteiger partial charge in [0.05, 0.1) is 6.61 Å². The molecule has 0 unspecified atom stereocenters. The molecule has 0 fully saturated rings. The van der Waals surface area contributed by atoms with E-state index in [9.17, 15) is 4.79 Å².